The summed E-state index contributed by atoms with van der Waals surface area (Å²) in [7, 11) is 1.63. The molecule has 0 spiro atoms. The molecule has 0 saturated carbocycles. The lowest BCUT2D eigenvalue weighted by molar-refractivity contribution is -0.136. The number of amides is 1. The van der Waals surface area contributed by atoms with Crippen molar-refractivity contribution in [2.75, 3.05) is 7.05 Å². The number of hydrogen-bond acceptors (Lipinski definition) is 3. The van der Waals surface area contributed by atoms with Crippen LogP contribution >= 0.6 is 12.6 Å². The van der Waals surface area contributed by atoms with E-state index in [4.69, 9.17) is 0 Å². The van der Waals surface area contributed by atoms with Gasteiger partial charge in [-0.2, -0.15) is 12.6 Å². The normalized spacial score (nSPS) is 13.1. The Morgan fingerprint density at radius 1 is 1.50 bits per heavy atom. The minimum absolute atomic E-state index is 0.0535. The first-order chi connectivity index (χ1) is 7.19. The quantitative estimate of drug-likeness (QED) is 0.573. The van der Waals surface area contributed by atoms with Gasteiger partial charge in [-0.1, -0.05) is 19.9 Å². The lowest BCUT2D eigenvalue weighted by atomic mass is 10.1. The number of hydrogen-bond donors (Lipinski definition) is 1. The molecule has 4 heteroatoms. The highest BCUT2D eigenvalue weighted by molar-refractivity contribution is 7.81. The molecule has 0 rings (SSSR count). The first kappa shape index (κ1) is 15.2. The van der Waals surface area contributed by atoms with Gasteiger partial charge in [-0.15, -0.1) is 6.58 Å². The van der Waals surface area contributed by atoms with Crippen LogP contribution in [0.3, 0.4) is 0 Å². The minimum atomic E-state index is -0.518. The van der Waals surface area contributed by atoms with Crippen LogP contribution in [0.15, 0.2) is 12.7 Å². The van der Waals surface area contributed by atoms with Crippen molar-refractivity contribution in [1.82, 2.24) is 4.90 Å². The van der Waals surface area contributed by atoms with Gasteiger partial charge in [0.2, 0.25) is 5.91 Å². The Bertz CT molecular complexity index is 281. The fourth-order valence-corrected chi connectivity index (χ4v) is 1.45. The highest BCUT2D eigenvalue weighted by Crippen LogP contribution is 2.19. The van der Waals surface area contributed by atoms with Gasteiger partial charge in [0.25, 0.3) is 0 Å². The van der Waals surface area contributed by atoms with E-state index in [1.807, 2.05) is 13.8 Å². The van der Waals surface area contributed by atoms with Gasteiger partial charge in [-0.25, -0.2) is 0 Å². The maximum absolute atomic E-state index is 11.8. The standard InChI is InChI=1S/C12H21NO2S/c1-6-10(9(2)14)13(5)11(15)7-8-12(3,4)16/h6,10,16H,1,7-8H2,2-5H3/t10-/m0/s1. The molecule has 0 heterocycles. The molecule has 0 aliphatic carbocycles. The number of ketones is 1. The lowest BCUT2D eigenvalue weighted by Crippen LogP contribution is -2.40. The number of rotatable bonds is 6. The first-order valence-electron chi connectivity index (χ1n) is 5.30. The summed E-state index contributed by atoms with van der Waals surface area (Å²) in [6.07, 6.45) is 2.57. The van der Waals surface area contributed by atoms with Gasteiger partial charge >= 0.3 is 0 Å². The van der Waals surface area contributed by atoms with Gasteiger partial charge in [-0.05, 0) is 13.3 Å². The zero-order valence-electron chi connectivity index (χ0n) is 10.5. The number of carbonyl (C=O) groups excluding carboxylic acids is 2. The van der Waals surface area contributed by atoms with Crippen LogP contribution in [0.2, 0.25) is 0 Å². The lowest BCUT2D eigenvalue weighted by Gasteiger charge is -2.25. The summed E-state index contributed by atoms with van der Waals surface area (Å²) < 4.78 is -0.170. The van der Waals surface area contributed by atoms with Crippen LogP contribution in [-0.4, -0.2) is 34.4 Å². The van der Waals surface area contributed by atoms with Gasteiger partial charge in [0.15, 0.2) is 5.78 Å². The molecule has 0 aromatic carbocycles. The molecule has 1 atom stereocenters. The minimum Gasteiger partial charge on any atom is -0.332 e. The van der Waals surface area contributed by atoms with Crippen LogP contribution in [0, 0.1) is 0 Å². The van der Waals surface area contributed by atoms with Crippen molar-refractivity contribution < 1.29 is 9.59 Å². The average molecular weight is 243 g/mol. The number of likely N-dealkylation sites (N-methyl/N-ethyl adjacent to an activating group) is 1. The third kappa shape index (κ3) is 5.35. The molecule has 0 saturated heterocycles. The Balaban J connectivity index is 4.38. The van der Waals surface area contributed by atoms with Crippen LogP contribution in [-0.2, 0) is 9.59 Å². The van der Waals surface area contributed by atoms with E-state index in [1.54, 1.807) is 7.05 Å². The molecular weight excluding hydrogens is 222 g/mol. The zero-order chi connectivity index (χ0) is 12.9. The average Bonchev–Trinajstić information content (AvgIpc) is 2.13. The van der Waals surface area contributed by atoms with Gasteiger partial charge in [0.1, 0.15) is 6.04 Å². The SMILES string of the molecule is C=C[C@@H](C(C)=O)N(C)C(=O)CCC(C)(C)S. The van der Waals surface area contributed by atoms with Crippen LogP contribution in [0.5, 0.6) is 0 Å². The van der Waals surface area contributed by atoms with Gasteiger partial charge < -0.3 is 4.90 Å². The van der Waals surface area contributed by atoms with Crippen LogP contribution in [0.4, 0.5) is 0 Å². The molecule has 0 aromatic heterocycles. The Morgan fingerprint density at radius 3 is 2.31 bits per heavy atom. The molecule has 0 unspecified atom stereocenters. The number of Topliss-reactive ketones (excluding diaryl/α,β-unsaturated/α-hetero) is 1. The Labute approximate surface area is 103 Å². The summed E-state index contributed by atoms with van der Waals surface area (Å²) in [5, 5.41) is 0. The van der Waals surface area contributed by atoms with Crippen LogP contribution in [0.1, 0.15) is 33.6 Å². The van der Waals surface area contributed by atoms with Crippen molar-refractivity contribution in [3.63, 3.8) is 0 Å². The molecule has 0 bridgehead atoms. The predicted molar refractivity (Wildman–Crippen MR) is 69.7 cm³/mol. The maximum atomic E-state index is 11.8. The van der Waals surface area contributed by atoms with E-state index in [9.17, 15) is 9.59 Å². The summed E-state index contributed by atoms with van der Waals surface area (Å²) in [6, 6.07) is -0.518. The predicted octanol–water partition coefficient (Wildman–Crippen LogP) is 2.08. The molecule has 16 heavy (non-hydrogen) atoms. The van der Waals surface area contributed by atoms with Crippen molar-refractivity contribution in [3.8, 4) is 0 Å². The molecule has 92 valence electrons. The van der Waals surface area contributed by atoms with E-state index < -0.39 is 6.04 Å². The van der Waals surface area contributed by atoms with Crippen LogP contribution in [0.25, 0.3) is 0 Å². The van der Waals surface area contributed by atoms with Crippen molar-refractivity contribution in [3.05, 3.63) is 12.7 Å². The third-order valence-electron chi connectivity index (χ3n) is 2.40. The summed E-state index contributed by atoms with van der Waals surface area (Å²) in [5.74, 6) is -0.127. The second-order valence-electron chi connectivity index (χ2n) is 4.61. The fraction of sp³-hybridized carbons (Fsp3) is 0.667. The van der Waals surface area contributed by atoms with Crippen LogP contribution < -0.4 is 0 Å². The van der Waals surface area contributed by atoms with E-state index in [0.29, 0.717) is 12.8 Å². The second-order valence-corrected chi connectivity index (χ2v) is 5.82. The van der Waals surface area contributed by atoms with Gasteiger partial charge in [-0.3, -0.25) is 9.59 Å². The Kier molecular flexibility index (Phi) is 5.79. The molecular formula is C12H21NO2S. The maximum Gasteiger partial charge on any atom is 0.223 e. The van der Waals surface area contributed by atoms with Crippen molar-refractivity contribution in [2.45, 2.75) is 44.4 Å². The monoisotopic (exact) mass is 243 g/mol. The van der Waals surface area contributed by atoms with Gasteiger partial charge in [0.05, 0.1) is 0 Å². The molecule has 0 N–H and O–H groups in total. The first-order valence-corrected chi connectivity index (χ1v) is 5.75. The summed E-state index contributed by atoms with van der Waals surface area (Å²) in [5.41, 5.74) is 0. The smallest absolute Gasteiger partial charge is 0.223 e. The van der Waals surface area contributed by atoms with E-state index in [-0.39, 0.29) is 16.4 Å². The molecule has 3 nitrogen and oxygen atoms in total. The summed E-state index contributed by atoms with van der Waals surface area (Å²) >= 11 is 4.36. The molecule has 0 aromatic rings. The molecule has 0 fully saturated rings. The molecule has 0 aliphatic heterocycles. The third-order valence-corrected chi connectivity index (χ3v) is 2.62. The van der Waals surface area contributed by atoms with E-state index >= 15 is 0 Å². The molecule has 0 aliphatic rings. The van der Waals surface area contributed by atoms with Gasteiger partial charge in [0, 0.05) is 18.2 Å². The highest BCUT2D eigenvalue weighted by Gasteiger charge is 2.22. The second kappa shape index (κ2) is 6.09. The number of nitrogens with zero attached hydrogens (tertiary/aromatic N) is 1. The van der Waals surface area contributed by atoms with E-state index in [2.05, 4.69) is 19.2 Å². The fourth-order valence-electron chi connectivity index (χ4n) is 1.34. The Morgan fingerprint density at radius 2 is 2.00 bits per heavy atom. The van der Waals surface area contributed by atoms with E-state index in [0.717, 1.165) is 0 Å². The van der Waals surface area contributed by atoms with Crippen molar-refractivity contribution >= 4 is 24.3 Å². The summed E-state index contributed by atoms with van der Waals surface area (Å²) in [6.45, 7) is 8.94. The number of thiol groups is 1. The molecule has 1 amide bonds. The highest BCUT2D eigenvalue weighted by atomic mass is 32.1. The zero-order valence-corrected chi connectivity index (χ0v) is 11.4. The van der Waals surface area contributed by atoms with Crippen molar-refractivity contribution in [1.29, 1.82) is 0 Å². The molecule has 0 radical (unpaired) electrons. The largest absolute Gasteiger partial charge is 0.332 e. The summed E-state index contributed by atoms with van der Waals surface area (Å²) in [4.78, 5) is 24.5. The Hall–Kier alpha value is -0.770. The number of carbonyl (C=O) groups is 2. The topological polar surface area (TPSA) is 37.4 Å². The van der Waals surface area contributed by atoms with Crippen molar-refractivity contribution in [2.24, 2.45) is 0 Å². The van der Waals surface area contributed by atoms with E-state index in [1.165, 1.54) is 17.9 Å².